The summed E-state index contributed by atoms with van der Waals surface area (Å²) in [5, 5.41) is 18.6. The average molecular weight is 291 g/mol. The zero-order valence-electron chi connectivity index (χ0n) is 11.9. The monoisotopic (exact) mass is 291 g/mol. The molecule has 0 spiro atoms. The second-order valence-corrected chi connectivity index (χ2v) is 4.72. The molecule has 2 aromatic rings. The number of aliphatic hydroxyl groups excluding tert-OH is 1. The molecule has 0 aliphatic rings. The van der Waals surface area contributed by atoms with E-state index in [9.17, 15) is 14.7 Å². The van der Waals surface area contributed by atoms with Gasteiger partial charge in [0, 0.05) is 23.2 Å². The van der Waals surface area contributed by atoms with E-state index in [1.807, 2.05) is 0 Å². The van der Waals surface area contributed by atoms with E-state index < -0.39 is 5.97 Å². The molecule has 1 heterocycles. The van der Waals surface area contributed by atoms with Crippen LogP contribution in [0.15, 0.2) is 23.0 Å². The van der Waals surface area contributed by atoms with Gasteiger partial charge in [-0.2, -0.15) is 0 Å². The first-order valence-electron chi connectivity index (χ1n) is 6.52. The third-order valence-electron chi connectivity index (χ3n) is 3.51. The summed E-state index contributed by atoms with van der Waals surface area (Å²) in [7, 11) is 1.50. The number of aromatic nitrogens is 1. The van der Waals surface area contributed by atoms with Crippen molar-refractivity contribution < 1.29 is 19.7 Å². The van der Waals surface area contributed by atoms with E-state index >= 15 is 0 Å². The number of rotatable bonds is 5. The molecule has 112 valence electrons. The zero-order chi connectivity index (χ0) is 15.6. The van der Waals surface area contributed by atoms with Crippen molar-refractivity contribution in [1.29, 1.82) is 0 Å². The Morgan fingerprint density at radius 1 is 1.38 bits per heavy atom. The molecule has 0 unspecified atom stereocenters. The summed E-state index contributed by atoms with van der Waals surface area (Å²) in [4.78, 5) is 23.5. The Bertz CT molecular complexity index is 748. The summed E-state index contributed by atoms with van der Waals surface area (Å²) < 4.78 is 6.87. The average Bonchev–Trinajstić information content (AvgIpc) is 2.47. The highest BCUT2D eigenvalue weighted by molar-refractivity contribution is 5.83. The molecular weight excluding hydrogens is 274 g/mol. The maximum atomic E-state index is 12.5. The van der Waals surface area contributed by atoms with Gasteiger partial charge in [0.15, 0.2) is 5.43 Å². The molecule has 0 fully saturated rings. The topological polar surface area (TPSA) is 88.8 Å². The number of carboxylic acid groups (broad SMARTS) is 1. The first-order chi connectivity index (χ1) is 9.99. The summed E-state index contributed by atoms with van der Waals surface area (Å²) in [6.07, 6.45) is -0.344. The Morgan fingerprint density at radius 3 is 2.67 bits per heavy atom. The van der Waals surface area contributed by atoms with E-state index in [2.05, 4.69) is 0 Å². The normalized spacial score (nSPS) is 10.8. The molecule has 0 saturated carbocycles. The standard InChI is InChI=1S/C15H17NO5/c1-9-11(8-14(18)19)15(20)12-7-10(21-2)3-4-13(12)16(9)5-6-17/h3-4,7,17H,5-6,8H2,1-2H3,(H,18,19). The molecule has 0 amide bonds. The highest BCUT2D eigenvalue weighted by Crippen LogP contribution is 2.21. The van der Waals surface area contributed by atoms with Crippen LogP contribution in [0.25, 0.3) is 10.9 Å². The molecule has 0 saturated heterocycles. The van der Waals surface area contributed by atoms with E-state index in [0.29, 0.717) is 28.9 Å². The molecule has 6 nitrogen and oxygen atoms in total. The maximum Gasteiger partial charge on any atom is 0.308 e. The second-order valence-electron chi connectivity index (χ2n) is 4.72. The Balaban J connectivity index is 2.84. The van der Waals surface area contributed by atoms with Crippen LogP contribution in [0.3, 0.4) is 0 Å². The quantitative estimate of drug-likeness (QED) is 0.855. The van der Waals surface area contributed by atoms with Gasteiger partial charge in [0.05, 0.1) is 25.7 Å². The first-order valence-corrected chi connectivity index (χ1v) is 6.52. The summed E-state index contributed by atoms with van der Waals surface area (Å²) in [5.41, 5.74) is 1.14. The van der Waals surface area contributed by atoms with Crippen molar-refractivity contribution in [2.24, 2.45) is 0 Å². The molecular formula is C15H17NO5. The molecule has 1 aromatic carbocycles. The smallest absolute Gasteiger partial charge is 0.308 e. The van der Waals surface area contributed by atoms with Crippen LogP contribution in [0.1, 0.15) is 11.3 Å². The van der Waals surface area contributed by atoms with Gasteiger partial charge in [-0.15, -0.1) is 0 Å². The van der Waals surface area contributed by atoms with Crippen LogP contribution in [-0.2, 0) is 17.8 Å². The number of hydrogen-bond donors (Lipinski definition) is 2. The summed E-state index contributed by atoms with van der Waals surface area (Å²) in [5.74, 6) is -0.534. The SMILES string of the molecule is COc1ccc2c(c1)c(=O)c(CC(=O)O)c(C)n2CCO. The Morgan fingerprint density at radius 2 is 2.10 bits per heavy atom. The minimum atomic E-state index is -1.06. The number of aliphatic carboxylic acids is 1. The van der Waals surface area contributed by atoms with Crippen molar-refractivity contribution in [3.8, 4) is 5.75 Å². The fourth-order valence-electron chi connectivity index (χ4n) is 2.48. The third-order valence-corrected chi connectivity index (χ3v) is 3.51. The van der Waals surface area contributed by atoms with Crippen molar-refractivity contribution in [1.82, 2.24) is 4.57 Å². The minimum absolute atomic E-state index is 0.0999. The number of methoxy groups -OCH3 is 1. The number of carboxylic acids is 1. The van der Waals surface area contributed by atoms with E-state index in [0.717, 1.165) is 0 Å². The van der Waals surface area contributed by atoms with Gasteiger partial charge >= 0.3 is 5.97 Å². The lowest BCUT2D eigenvalue weighted by atomic mass is 10.0. The number of aliphatic hydroxyl groups is 1. The predicted octanol–water partition coefficient (Wildman–Crippen LogP) is 0.938. The van der Waals surface area contributed by atoms with Gasteiger partial charge in [-0.25, -0.2) is 0 Å². The third kappa shape index (κ3) is 2.75. The lowest BCUT2D eigenvalue weighted by Gasteiger charge is -2.17. The van der Waals surface area contributed by atoms with E-state index in [1.165, 1.54) is 7.11 Å². The lowest BCUT2D eigenvalue weighted by molar-refractivity contribution is -0.136. The molecule has 0 radical (unpaired) electrons. The van der Waals surface area contributed by atoms with Crippen molar-refractivity contribution in [3.63, 3.8) is 0 Å². The van der Waals surface area contributed by atoms with Crippen LogP contribution in [0.4, 0.5) is 0 Å². The number of benzene rings is 1. The summed E-state index contributed by atoms with van der Waals surface area (Å²) in [6, 6.07) is 5.06. The number of fused-ring (bicyclic) bond motifs is 1. The summed E-state index contributed by atoms with van der Waals surface area (Å²) >= 11 is 0. The molecule has 0 bridgehead atoms. The van der Waals surface area contributed by atoms with Gasteiger partial charge in [-0.05, 0) is 25.1 Å². The molecule has 21 heavy (non-hydrogen) atoms. The lowest BCUT2D eigenvalue weighted by Crippen LogP contribution is -2.22. The fraction of sp³-hybridized carbons (Fsp3) is 0.333. The van der Waals surface area contributed by atoms with Gasteiger partial charge in [-0.3, -0.25) is 9.59 Å². The van der Waals surface area contributed by atoms with Crippen molar-refractivity contribution >= 4 is 16.9 Å². The van der Waals surface area contributed by atoms with Crippen LogP contribution < -0.4 is 10.2 Å². The molecule has 6 heteroatoms. The predicted molar refractivity (Wildman–Crippen MR) is 77.9 cm³/mol. The highest BCUT2D eigenvalue weighted by Gasteiger charge is 2.16. The molecule has 2 rings (SSSR count). The van der Waals surface area contributed by atoms with Gasteiger partial charge < -0.3 is 19.5 Å². The molecule has 0 aliphatic heterocycles. The van der Waals surface area contributed by atoms with Crippen LogP contribution in [-0.4, -0.2) is 34.5 Å². The number of ether oxygens (including phenoxy) is 1. The van der Waals surface area contributed by atoms with Crippen molar-refractivity contribution in [2.45, 2.75) is 19.9 Å². The minimum Gasteiger partial charge on any atom is -0.497 e. The maximum absolute atomic E-state index is 12.5. The van der Waals surface area contributed by atoms with E-state index in [-0.39, 0.29) is 24.0 Å². The Labute approximate surface area is 121 Å². The second kappa shape index (κ2) is 5.97. The van der Waals surface area contributed by atoms with Crippen LogP contribution >= 0.6 is 0 Å². The Kier molecular flexibility index (Phi) is 4.28. The van der Waals surface area contributed by atoms with Gasteiger partial charge in [0.25, 0.3) is 0 Å². The highest BCUT2D eigenvalue weighted by atomic mass is 16.5. The number of pyridine rings is 1. The number of hydrogen-bond acceptors (Lipinski definition) is 4. The number of carbonyl (C=O) groups is 1. The zero-order valence-corrected chi connectivity index (χ0v) is 11.9. The molecule has 2 N–H and O–H groups in total. The first kappa shape index (κ1) is 15.1. The molecule has 0 atom stereocenters. The summed E-state index contributed by atoms with van der Waals surface area (Å²) in [6.45, 7) is 1.89. The number of nitrogens with zero attached hydrogens (tertiary/aromatic N) is 1. The Hall–Kier alpha value is -2.34. The molecule has 1 aromatic heterocycles. The van der Waals surface area contributed by atoms with Crippen molar-refractivity contribution in [3.05, 3.63) is 39.7 Å². The van der Waals surface area contributed by atoms with Gasteiger partial charge in [0.1, 0.15) is 5.75 Å². The van der Waals surface area contributed by atoms with E-state index in [1.54, 1.807) is 29.7 Å². The molecule has 0 aliphatic carbocycles. The van der Waals surface area contributed by atoms with Crippen LogP contribution in [0.5, 0.6) is 5.75 Å². The van der Waals surface area contributed by atoms with Crippen LogP contribution in [0, 0.1) is 6.92 Å². The fourth-order valence-corrected chi connectivity index (χ4v) is 2.48. The van der Waals surface area contributed by atoms with Gasteiger partial charge in [-0.1, -0.05) is 0 Å². The largest absolute Gasteiger partial charge is 0.497 e. The van der Waals surface area contributed by atoms with Crippen molar-refractivity contribution in [2.75, 3.05) is 13.7 Å². The van der Waals surface area contributed by atoms with E-state index in [4.69, 9.17) is 9.84 Å². The van der Waals surface area contributed by atoms with Crippen LogP contribution in [0.2, 0.25) is 0 Å². The van der Waals surface area contributed by atoms with Gasteiger partial charge in [0.2, 0.25) is 0 Å².